The fourth-order valence-corrected chi connectivity index (χ4v) is 5.56. The molecule has 0 atom stereocenters. The SMILES string of the molecule is Cc1sc(Br)cc1S(=O)(=O)Nc1c(F)cccc1Br. The van der Waals surface area contributed by atoms with Crippen LogP contribution in [-0.2, 0) is 10.0 Å². The first-order valence-electron chi connectivity index (χ1n) is 5.04. The first-order chi connectivity index (χ1) is 8.81. The molecule has 0 aliphatic heterocycles. The number of sulfonamides is 1. The van der Waals surface area contributed by atoms with E-state index in [1.165, 1.54) is 29.5 Å². The molecule has 3 nitrogen and oxygen atoms in total. The fourth-order valence-electron chi connectivity index (χ4n) is 1.48. The van der Waals surface area contributed by atoms with E-state index in [1.54, 1.807) is 13.0 Å². The monoisotopic (exact) mass is 427 g/mol. The van der Waals surface area contributed by atoms with Gasteiger partial charge >= 0.3 is 0 Å². The Hall–Kier alpha value is -0.440. The molecule has 1 heterocycles. The smallest absolute Gasteiger partial charge is 0.263 e. The average molecular weight is 429 g/mol. The normalized spacial score (nSPS) is 11.6. The van der Waals surface area contributed by atoms with Crippen molar-refractivity contribution >= 4 is 58.9 Å². The molecule has 19 heavy (non-hydrogen) atoms. The standard InChI is InChI=1S/C11H8Br2FNO2S2/c1-6-9(5-10(13)18-6)19(16,17)15-11-7(12)3-2-4-8(11)14/h2-5,15H,1H3. The molecule has 0 saturated carbocycles. The van der Waals surface area contributed by atoms with Crippen LogP contribution in [0.5, 0.6) is 0 Å². The highest BCUT2D eigenvalue weighted by Crippen LogP contribution is 2.33. The van der Waals surface area contributed by atoms with Gasteiger partial charge in [-0.2, -0.15) is 0 Å². The van der Waals surface area contributed by atoms with Crippen molar-refractivity contribution in [2.75, 3.05) is 4.72 Å². The van der Waals surface area contributed by atoms with E-state index in [1.807, 2.05) is 0 Å². The average Bonchev–Trinajstić information content (AvgIpc) is 2.64. The topological polar surface area (TPSA) is 46.2 Å². The van der Waals surface area contributed by atoms with Gasteiger partial charge in [0.1, 0.15) is 10.7 Å². The predicted octanol–water partition coefficient (Wildman–Crippen LogP) is 4.52. The highest BCUT2D eigenvalue weighted by atomic mass is 79.9. The Morgan fingerprint density at radius 1 is 1.32 bits per heavy atom. The Morgan fingerprint density at radius 3 is 2.53 bits per heavy atom. The lowest BCUT2D eigenvalue weighted by molar-refractivity contribution is 0.598. The molecule has 0 aliphatic rings. The van der Waals surface area contributed by atoms with Crippen LogP contribution in [0.1, 0.15) is 4.88 Å². The number of thiophene rings is 1. The van der Waals surface area contributed by atoms with Crippen LogP contribution in [0.2, 0.25) is 0 Å². The molecule has 0 aliphatic carbocycles. The molecule has 2 aromatic rings. The zero-order valence-corrected chi connectivity index (χ0v) is 14.4. The third-order valence-electron chi connectivity index (χ3n) is 2.33. The molecule has 0 saturated heterocycles. The second-order valence-electron chi connectivity index (χ2n) is 3.67. The van der Waals surface area contributed by atoms with Crippen LogP contribution >= 0.6 is 43.2 Å². The van der Waals surface area contributed by atoms with E-state index in [-0.39, 0.29) is 10.6 Å². The number of aryl methyl sites for hydroxylation is 1. The van der Waals surface area contributed by atoms with Gasteiger partial charge in [-0.15, -0.1) is 11.3 Å². The molecule has 1 aromatic carbocycles. The molecule has 0 fully saturated rings. The molecule has 102 valence electrons. The summed E-state index contributed by atoms with van der Waals surface area (Å²) in [4.78, 5) is 0.770. The van der Waals surface area contributed by atoms with Gasteiger partial charge in [0.05, 0.1) is 9.47 Å². The van der Waals surface area contributed by atoms with Gasteiger partial charge < -0.3 is 0 Å². The van der Waals surface area contributed by atoms with Gasteiger partial charge in [-0.1, -0.05) is 6.07 Å². The van der Waals surface area contributed by atoms with E-state index in [0.29, 0.717) is 13.1 Å². The second-order valence-corrected chi connectivity index (χ2v) is 8.81. The number of hydrogen-bond donors (Lipinski definition) is 1. The Kier molecular flexibility index (Phi) is 4.34. The minimum absolute atomic E-state index is 0.0933. The third-order valence-corrected chi connectivity index (χ3v) is 6.15. The van der Waals surface area contributed by atoms with Crippen LogP contribution in [-0.4, -0.2) is 8.42 Å². The molecule has 0 bridgehead atoms. The zero-order valence-electron chi connectivity index (χ0n) is 9.58. The van der Waals surface area contributed by atoms with Crippen molar-refractivity contribution in [1.82, 2.24) is 0 Å². The summed E-state index contributed by atoms with van der Waals surface area (Å²) in [5.41, 5.74) is -0.0933. The van der Waals surface area contributed by atoms with Crippen molar-refractivity contribution < 1.29 is 12.8 Å². The van der Waals surface area contributed by atoms with Crippen molar-refractivity contribution in [2.24, 2.45) is 0 Å². The van der Waals surface area contributed by atoms with Crippen LogP contribution in [0.25, 0.3) is 0 Å². The number of nitrogens with one attached hydrogen (secondary N) is 1. The molecule has 0 unspecified atom stereocenters. The van der Waals surface area contributed by atoms with Gasteiger partial charge in [0, 0.05) is 9.35 Å². The molecule has 0 spiro atoms. The van der Waals surface area contributed by atoms with Gasteiger partial charge in [-0.05, 0) is 57.0 Å². The summed E-state index contributed by atoms with van der Waals surface area (Å²) in [6, 6.07) is 5.75. The lowest BCUT2D eigenvalue weighted by Crippen LogP contribution is -2.14. The summed E-state index contributed by atoms with van der Waals surface area (Å²) in [7, 11) is -3.81. The van der Waals surface area contributed by atoms with Crippen LogP contribution in [0.3, 0.4) is 0 Å². The van der Waals surface area contributed by atoms with Gasteiger partial charge in [0.25, 0.3) is 10.0 Å². The number of anilines is 1. The maximum Gasteiger partial charge on any atom is 0.263 e. The number of hydrogen-bond acceptors (Lipinski definition) is 3. The van der Waals surface area contributed by atoms with E-state index in [2.05, 4.69) is 36.6 Å². The zero-order chi connectivity index (χ0) is 14.2. The maximum atomic E-state index is 13.6. The predicted molar refractivity (Wildman–Crippen MR) is 81.7 cm³/mol. The van der Waals surface area contributed by atoms with Crippen LogP contribution in [0, 0.1) is 12.7 Å². The molecule has 8 heteroatoms. The van der Waals surface area contributed by atoms with Crippen LogP contribution < -0.4 is 4.72 Å². The summed E-state index contributed by atoms with van der Waals surface area (Å²) in [6.07, 6.45) is 0. The molecule has 0 amide bonds. The quantitative estimate of drug-likeness (QED) is 0.780. The van der Waals surface area contributed by atoms with Crippen molar-refractivity contribution in [3.8, 4) is 0 Å². The lowest BCUT2D eigenvalue weighted by atomic mass is 10.3. The third kappa shape index (κ3) is 3.18. The van der Waals surface area contributed by atoms with Gasteiger partial charge in [0.2, 0.25) is 0 Å². The number of para-hydroxylation sites is 1. The minimum atomic E-state index is -3.81. The van der Waals surface area contributed by atoms with E-state index in [9.17, 15) is 12.8 Å². The van der Waals surface area contributed by atoms with E-state index in [0.717, 1.165) is 0 Å². The van der Waals surface area contributed by atoms with Crippen LogP contribution in [0.15, 0.2) is 37.4 Å². The van der Waals surface area contributed by atoms with Gasteiger partial charge in [-0.3, -0.25) is 4.72 Å². The molecule has 1 aromatic heterocycles. The van der Waals surface area contributed by atoms with Crippen LogP contribution in [0.4, 0.5) is 10.1 Å². The number of rotatable bonds is 3. The molecular formula is C11H8Br2FNO2S2. The molecule has 2 rings (SSSR count). The molecule has 1 N–H and O–H groups in total. The van der Waals surface area contributed by atoms with Gasteiger partial charge in [-0.25, -0.2) is 12.8 Å². The van der Waals surface area contributed by atoms with Crippen molar-refractivity contribution in [1.29, 1.82) is 0 Å². The summed E-state index contributed by atoms with van der Waals surface area (Å²) >= 11 is 7.66. The summed E-state index contributed by atoms with van der Waals surface area (Å²) in [5, 5.41) is 0. The number of halogens is 3. The number of benzene rings is 1. The second kappa shape index (κ2) is 5.51. The first-order valence-corrected chi connectivity index (χ1v) is 8.92. The van der Waals surface area contributed by atoms with Gasteiger partial charge in [0.15, 0.2) is 0 Å². The van der Waals surface area contributed by atoms with Crippen molar-refractivity contribution in [2.45, 2.75) is 11.8 Å². The fraction of sp³-hybridized carbons (Fsp3) is 0.0909. The summed E-state index contributed by atoms with van der Waals surface area (Å²) in [5.74, 6) is -0.634. The Balaban J connectivity index is 2.45. The largest absolute Gasteiger partial charge is 0.275 e. The molecule has 0 radical (unpaired) electrons. The van der Waals surface area contributed by atoms with E-state index in [4.69, 9.17) is 0 Å². The maximum absolute atomic E-state index is 13.6. The van der Waals surface area contributed by atoms with E-state index >= 15 is 0 Å². The lowest BCUT2D eigenvalue weighted by Gasteiger charge is -2.10. The highest BCUT2D eigenvalue weighted by molar-refractivity contribution is 9.11. The highest BCUT2D eigenvalue weighted by Gasteiger charge is 2.22. The Labute approximate surface area is 131 Å². The van der Waals surface area contributed by atoms with Crippen molar-refractivity contribution in [3.63, 3.8) is 0 Å². The minimum Gasteiger partial charge on any atom is -0.275 e. The Morgan fingerprint density at radius 2 is 2.00 bits per heavy atom. The summed E-state index contributed by atoms with van der Waals surface area (Å²) < 4.78 is 41.4. The molecular weight excluding hydrogens is 421 g/mol. The van der Waals surface area contributed by atoms with Crippen molar-refractivity contribution in [3.05, 3.63) is 43.2 Å². The van der Waals surface area contributed by atoms with E-state index < -0.39 is 15.8 Å². The summed E-state index contributed by atoms with van der Waals surface area (Å²) in [6.45, 7) is 1.69. The first kappa shape index (κ1) is 15.0. The Bertz CT molecular complexity index is 708.